The molecule has 0 aliphatic carbocycles. The van der Waals surface area contributed by atoms with E-state index in [0.717, 1.165) is 24.4 Å². The van der Waals surface area contributed by atoms with Crippen LogP contribution in [-0.4, -0.2) is 40.2 Å². The SMILES string of the molecule is CCCNCCNC(=O)c1cc(CS(C)(=O)=O)c(C)s1.Cl. The van der Waals surface area contributed by atoms with Gasteiger partial charge in [-0.3, -0.25) is 4.79 Å². The molecule has 1 amide bonds. The number of halogens is 1. The van der Waals surface area contributed by atoms with Crippen molar-refractivity contribution >= 4 is 39.5 Å². The highest BCUT2D eigenvalue weighted by Crippen LogP contribution is 2.23. The van der Waals surface area contributed by atoms with Crippen molar-refractivity contribution in [2.45, 2.75) is 26.0 Å². The lowest BCUT2D eigenvalue weighted by Crippen LogP contribution is -2.31. The van der Waals surface area contributed by atoms with Gasteiger partial charge in [-0.25, -0.2) is 8.42 Å². The Morgan fingerprint density at radius 3 is 2.52 bits per heavy atom. The molecule has 2 N–H and O–H groups in total. The third-order valence-corrected chi connectivity index (χ3v) is 4.60. The largest absolute Gasteiger partial charge is 0.350 e. The van der Waals surface area contributed by atoms with Crippen molar-refractivity contribution in [3.63, 3.8) is 0 Å². The van der Waals surface area contributed by atoms with Gasteiger partial charge in [0.05, 0.1) is 10.6 Å². The van der Waals surface area contributed by atoms with Crippen LogP contribution in [0.15, 0.2) is 6.07 Å². The fourth-order valence-electron chi connectivity index (χ4n) is 1.71. The normalized spacial score (nSPS) is 11.0. The first-order valence-electron chi connectivity index (χ1n) is 6.59. The van der Waals surface area contributed by atoms with Crippen molar-refractivity contribution in [2.24, 2.45) is 0 Å². The molecule has 5 nitrogen and oxygen atoms in total. The lowest BCUT2D eigenvalue weighted by molar-refractivity contribution is 0.0958. The maximum Gasteiger partial charge on any atom is 0.261 e. The molecule has 1 heterocycles. The fourth-order valence-corrected chi connectivity index (χ4v) is 3.63. The second kappa shape index (κ2) is 9.40. The minimum Gasteiger partial charge on any atom is -0.350 e. The molecule has 0 spiro atoms. The molecule has 0 bridgehead atoms. The van der Waals surface area contributed by atoms with E-state index in [-0.39, 0.29) is 24.1 Å². The quantitative estimate of drug-likeness (QED) is 0.697. The molecule has 21 heavy (non-hydrogen) atoms. The highest BCUT2D eigenvalue weighted by molar-refractivity contribution is 7.89. The number of thiophene rings is 1. The van der Waals surface area contributed by atoms with Crippen LogP contribution in [0, 0.1) is 6.92 Å². The number of aryl methyl sites for hydroxylation is 1. The first-order valence-corrected chi connectivity index (χ1v) is 9.47. The average Bonchev–Trinajstić information content (AvgIpc) is 2.68. The predicted molar refractivity (Wildman–Crippen MR) is 90.3 cm³/mol. The Balaban J connectivity index is 0.00000400. The second-order valence-corrected chi connectivity index (χ2v) is 8.16. The van der Waals surface area contributed by atoms with E-state index in [1.54, 1.807) is 6.07 Å². The Morgan fingerprint density at radius 2 is 1.95 bits per heavy atom. The number of carbonyl (C=O) groups is 1. The molecule has 0 saturated carbocycles. The van der Waals surface area contributed by atoms with Gasteiger partial charge in [0, 0.05) is 24.2 Å². The van der Waals surface area contributed by atoms with Crippen molar-refractivity contribution in [3.05, 3.63) is 21.4 Å². The van der Waals surface area contributed by atoms with E-state index in [2.05, 4.69) is 17.6 Å². The molecule has 0 atom stereocenters. The molecule has 1 aromatic rings. The molecule has 0 unspecified atom stereocenters. The number of amides is 1. The van der Waals surface area contributed by atoms with E-state index in [9.17, 15) is 13.2 Å². The van der Waals surface area contributed by atoms with Crippen LogP contribution in [0.3, 0.4) is 0 Å². The van der Waals surface area contributed by atoms with Gasteiger partial charge in [0.1, 0.15) is 0 Å². The predicted octanol–water partition coefficient (Wildman–Crippen LogP) is 1.75. The zero-order chi connectivity index (χ0) is 15.2. The Bertz CT molecular complexity index is 556. The van der Waals surface area contributed by atoms with Gasteiger partial charge >= 0.3 is 0 Å². The van der Waals surface area contributed by atoms with E-state index in [1.165, 1.54) is 17.6 Å². The molecule has 0 fully saturated rings. The van der Waals surface area contributed by atoms with Gasteiger partial charge in [-0.15, -0.1) is 23.7 Å². The van der Waals surface area contributed by atoms with E-state index in [4.69, 9.17) is 0 Å². The van der Waals surface area contributed by atoms with Crippen LogP contribution in [0.5, 0.6) is 0 Å². The van der Waals surface area contributed by atoms with Crippen LogP contribution in [0.2, 0.25) is 0 Å². The maximum atomic E-state index is 11.9. The molecule has 0 aromatic carbocycles. The standard InChI is InChI=1S/C13H22N2O3S2.ClH/c1-4-5-14-6-7-15-13(16)12-8-11(10(2)19-12)9-20(3,17)18;/h8,14H,4-7,9H2,1-3H3,(H,15,16);1H. The van der Waals surface area contributed by atoms with Crippen molar-refractivity contribution in [1.82, 2.24) is 10.6 Å². The number of hydrogen-bond acceptors (Lipinski definition) is 5. The van der Waals surface area contributed by atoms with Crippen molar-refractivity contribution in [1.29, 1.82) is 0 Å². The first-order chi connectivity index (χ1) is 9.33. The van der Waals surface area contributed by atoms with Crippen LogP contribution >= 0.6 is 23.7 Å². The Labute approximate surface area is 136 Å². The minimum atomic E-state index is -3.07. The van der Waals surface area contributed by atoms with Gasteiger partial charge in [0.15, 0.2) is 9.84 Å². The highest BCUT2D eigenvalue weighted by atomic mass is 35.5. The van der Waals surface area contributed by atoms with E-state index >= 15 is 0 Å². The van der Waals surface area contributed by atoms with Gasteiger partial charge < -0.3 is 10.6 Å². The van der Waals surface area contributed by atoms with E-state index in [0.29, 0.717) is 17.0 Å². The molecule has 0 aliphatic rings. The summed E-state index contributed by atoms with van der Waals surface area (Å²) in [5, 5.41) is 6.02. The van der Waals surface area contributed by atoms with E-state index < -0.39 is 9.84 Å². The van der Waals surface area contributed by atoms with Crippen LogP contribution in [0.4, 0.5) is 0 Å². The van der Waals surface area contributed by atoms with Gasteiger partial charge in [0.2, 0.25) is 0 Å². The Morgan fingerprint density at radius 1 is 1.29 bits per heavy atom. The Kier molecular flexibility index (Phi) is 9.12. The topological polar surface area (TPSA) is 75.3 Å². The summed E-state index contributed by atoms with van der Waals surface area (Å²) in [5.74, 6) is -0.156. The van der Waals surface area contributed by atoms with Gasteiger partial charge in [-0.1, -0.05) is 6.92 Å². The molecule has 122 valence electrons. The van der Waals surface area contributed by atoms with E-state index in [1.807, 2.05) is 6.92 Å². The fraction of sp³-hybridized carbons (Fsp3) is 0.615. The van der Waals surface area contributed by atoms with Gasteiger partial charge in [-0.2, -0.15) is 0 Å². The highest BCUT2D eigenvalue weighted by Gasteiger charge is 2.15. The first kappa shape index (κ1) is 20.4. The van der Waals surface area contributed by atoms with Crippen LogP contribution in [0.1, 0.15) is 33.5 Å². The second-order valence-electron chi connectivity index (χ2n) is 4.77. The van der Waals surface area contributed by atoms with Crippen LogP contribution in [-0.2, 0) is 15.6 Å². The number of hydrogen-bond donors (Lipinski definition) is 2. The lowest BCUT2D eigenvalue weighted by Gasteiger charge is -2.04. The van der Waals surface area contributed by atoms with Crippen LogP contribution < -0.4 is 10.6 Å². The zero-order valence-corrected chi connectivity index (χ0v) is 15.0. The smallest absolute Gasteiger partial charge is 0.261 e. The summed E-state index contributed by atoms with van der Waals surface area (Å²) in [5.41, 5.74) is 0.715. The van der Waals surface area contributed by atoms with Crippen molar-refractivity contribution in [2.75, 3.05) is 25.9 Å². The molecule has 0 radical (unpaired) electrons. The maximum absolute atomic E-state index is 11.9. The summed E-state index contributed by atoms with van der Waals surface area (Å²) in [7, 11) is -3.07. The Hall–Kier alpha value is -0.630. The summed E-state index contributed by atoms with van der Waals surface area (Å²) in [6.07, 6.45) is 2.26. The number of carbonyl (C=O) groups excluding carboxylic acids is 1. The van der Waals surface area contributed by atoms with Crippen molar-refractivity contribution in [3.8, 4) is 0 Å². The number of nitrogens with one attached hydrogen (secondary N) is 2. The third kappa shape index (κ3) is 7.80. The minimum absolute atomic E-state index is 0. The molecule has 0 saturated heterocycles. The summed E-state index contributed by atoms with van der Waals surface area (Å²) in [6, 6.07) is 1.68. The summed E-state index contributed by atoms with van der Waals surface area (Å²) in [4.78, 5) is 13.4. The monoisotopic (exact) mass is 354 g/mol. The number of rotatable bonds is 8. The van der Waals surface area contributed by atoms with Gasteiger partial charge in [0.25, 0.3) is 5.91 Å². The zero-order valence-electron chi connectivity index (χ0n) is 12.6. The van der Waals surface area contributed by atoms with Crippen molar-refractivity contribution < 1.29 is 13.2 Å². The third-order valence-electron chi connectivity index (χ3n) is 2.68. The summed E-state index contributed by atoms with van der Waals surface area (Å²) >= 11 is 1.33. The summed E-state index contributed by atoms with van der Waals surface area (Å²) in [6.45, 7) is 6.16. The molecule has 8 heteroatoms. The van der Waals surface area contributed by atoms with Crippen LogP contribution in [0.25, 0.3) is 0 Å². The van der Waals surface area contributed by atoms with Gasteiger partial charge in [-0.05, 0) is 31.5 Å². The molecule has 0 aliphatic heterocycles. The molecule has 1 aromatic heterocycles. The summed E-state index contributed by atoms with van der Waals surface area (Å²) < 4.78 is 22.6. The average molecular weight is 355 g/mol. The molecular weight excluding hydrogens is 332 g/mol. The molecular formula is C13H23ClN2O3S2. The lowest BCUT2D eigenvalue weighted by atomic mass is 10.3. The molecule has 1 rings (SSSR count). The number of sulfone groups is 1.